The molecule has 4 nitrogen and oxygen atoms in total. The highest BCUT2D eigenvalue weighted by atomic mass is 16.5. The molecule has 0 fully saturated rings. The molecule has 0 aromatic heterocycles. The van der Waals surface area contributed by atoms with Gasteiger partial charge in [0.2, 0.25) is 0 Å². The van der Waals surface area contributed by atoms with E-state index in [2.05, 4.69) is 11.8 Å². The van der Waals surface area contributed by atoms with Gasteiger partial charge in [0.25, 0.3) is 0 Å². The van der Waals surface area contributed by atoms with Crippen LogP contribution < -0.4 is 0 Å². The molecule has 90 valence electrons. The minimum Gasteiger partial charge on any atom is -0.465 e. The van der Waals surface area contributed by atoms with Gasteiger partial charge in [0.05, 0.1) is 19.3 Å². The van der Waals surface area contributed by atoms with Crippen molar-refractivity contribution in [2.45, 2.75) is 33.3 Å². The molecule has 0 amide bonds. The molecule has 0 aliphatic heterocycles. The van der Waals surface area contributed by atoms with Crippen molar-refractivity contribution in [2.24, 2.45) is 0 Å². The highest BCUT2D eigenvalue weighted by Crippen LogP contribution is 1.98. The van der Waals surface area contributed by atoms with Crippen LogP contribution in [0, 0.1) is 0 Å². The number of carbonyl (C=O) groups is 1. The maximum Gasteiger partial charge on any atom is 0.320 e. The molecule has 0 bridgehead atoms. The average Bonchev–Trinajstić information content (AvgIpc) is 2.18. The predicted octanol–water partition coefficient (Wildman–Crippen LogP) is 1.30. The molecule has 0 rings (SSSR count). The van der Waals surface area contributed by atoms with Crippen molar-refractivity contribution in [3.8, 4) is 0 Å². The molecule has 0 aromatic carbocycles. The van der Waals surface area contributed by atoms with Crippen molar-refractivity contribution in [1.29, 1.82) is 0 Å². The summed E-state index contributed by atoms with van der Waals surface area (Å²) in [5.74, 6) is -0.158. The Kier molecular flexibility index (Phi) is 8.33. The summed E-state index contributed by atoms with van der Waals surface area (Å²) in [5, 5.41) is 0. The van der Waals surface area contributed by atoms with Gasteiger partial charge in [0.15, 0.2) is 0 Å². The van der Waals surface area contributed by atoms with Gasteiger partial charge in [0.1, 0.15) is 0 Å². The van der Waals surface area contributed by atoms with E-state index in [0.717, 1.165) is 19.5 Å². The first-order chi connectivity index (χ1) is 7.13. The molecular formula is C11H23NO3. The molecule has 0 spiro atoms. The largest absolute Gasteiger partial charge is 0.465 e. The summed E-state index contributed by atoms with van der Waals surface area (Å²) in [5.41, 5.74) is 0. The zero-order valence-electron chi connectivity index (χ0n) is 10.3. The highest BCUT2D eigenvalue weighted by molar-refractivity contribution is 5.71. The Hall–Kier alpha value is -0.610. The fourth-order valence-corrected chi connectivity index (χ4v) is 1.38. The predicted molar refractivity (Wildman–Crippen MR) is 59.8 cm³/mol. The maximum atomic E-state index is 11.3. The molecular weight excluding hydrogens is 194 g/mol. The van der Waals surface area contributed by atoms with E-state index in [1.54, 1.807) is 7.11 Å². The molecule has 1 unspecified atom stereocenters. The van der Waals surface area contributed by atoms with Crippen molar-refractivity contribution < 1.29 is 14.3 Å². The van der Waals surface area contributed by atoms with E-state index in [1.165, 1.54) is 0 Å². The lowest BCUT2D eigenvalue weighted by atomic mass is 10.3. The van der Waals surface area contributed by atoms with Gasteiger partial charge in [-0.3, -0.25) is 9.69 Å². The Bertz CT molecular complexity index is 173. The monoisotopic (exact) mass is 217 g/mol. The SMILES string of the molecule is CCCN(CC(=O)OCC)CC(C)OC. The summed E-state index contributed by atoms with van der Waals surface area (Å²) in [6.45, 7) is 8.37. The van der Waals surface area contributed by atoms with Crippen LogP contribution in [0.15, 0.2) is 0 Å². The van der Waals surface area contributed by atoms with Crippen LogP contribution in [-0.4, -0.2) is 50.3 Å². The number of hydrogen-bond acceptors (Lipinski definition) is 4. The van der Waals surface area contributed by atoms with E-state index in [1.807, 2.05) is 13.8 Å². The van der Waals surface area contributed by atoms with Gasteiger partial charge in [-0.1, -0.05) is 6.92 Å². The molecule has 0 saturated carbocycles. The van der Waals surface area contributed by atoms with Gasteiger partial charge in [-0.15, -0.1) is 0 Å². The number of ether oxygens (including phenoxy) is 2. The molecule has 0 N–H and O–H groups in total. The Morgan fingerprint density at radius 1 is 1.40 bits per heavy atom. The van der Waals surface area contributed by atoms with Crippen molar-refractivity contribution >= 4 is 5.97 Å². The second-order valence-electron chi connectivity index (χ2n) is 3.59. The van der Waals surface area contributed by atoms with Crippen LogP contribution in [0.1, 0.15) is 27.2 Å². The van der Waals surface area contributed by atoms with Crippen LogP contribution in [0.3, 0.4) is 0 Å². The molecule has 0 radical (unpaired) electrons. The van der Waals surface area contributed by atoms with Crippen LogP contribution >= 0.6 is 0 Å². The molecule has 0 saturated heterocycles. The minimum absolute atomic E-state index is 0.144. The fourth-order valence-electron chi connectivity index (χ4n) is 1.38. The van der Waals surface area contributed by atoms with E-state index in [0.29, 0.717) is 13.2 Å². The summed E-state index contributed by atoms with van der Waals surface area (Å²) in [6, 6.07) is 0. The van der Waals surface area contributed by atoms with E-state index in [4.69, 9.17) is 9.47 Å². The van der Waals surface area contributed by atoms with Crippen molar-refractivity contribution in [3.05, 3.63) is 0 Å². The van der Waals surface area contributed by atoms with Crippen LogP contribution in [0.5, 0.6) is 0 Å². The van der Waals surface area contributed by atoms with E-state index in [9.17, 15) is 4.79 Å². The average molecular weight is 217 g/mol. The minimum atomic E-state index is -0.158. The van der Waals surface area contributed by atoms with Gasteiger partial charge in [-0.05, 0) is 26.8 Å². The van der Waals surface area contributed by atoms with Crippen molar-refractivity contribution in [2.75, 3.05) is 33.4 Å². The van der Waals surface area contributed by atoms with E-state index >= 15 is 0 Å². The lowest BCUT2D eigenvalue weighted by Crippen LogP contribution is -2.37. The number of carbonyl (C=O) groups excluding carboxylic acids is 1. The summed E-state index contributed by atoms with van der Waals surface area (Å²) in [4.78, 5) is 13.4. The van der Waals surface area contributed by atoms with Crippen LogP contribution in [0.2, 0.25) is 0 Å². The van der Waals surface area contributed by atoms with Crippen LogP contribution in [0.25, 0.3) is 0 Å². The third-order valence-electron chi connectivity index (χ3n) is 2.12. The van der Waals surface area contributed by atoms with Gasteiger partial charge >= 0.3 is 5.97 Å². The Labute approximate surface area is 92.5 Å². The Morgan fingerprint density at radius 3 is 2.53 bits per heavy atom. The second-order valence-corrected chi connectivity index (χ2v) is 3.59. The maximum absolute atomic E-state index is 11.3. The molecule has 0 heterocycles. The molecule has 0 aromatic rings. The van der Waals surface area contributed by atoms with Gasteiger partial charge in [-0.2, -0.15) is 0 Å². The zero-order chi connectivity index (χ0) is 11.7. The second kappa shape index (κ2) is 8.68. The van der Waals surface area contributed by atoms with Crippen LogP contribution in [0.4, 0.5) is 0 Å². The Balaban J connectivity index is 3.96. The van der Waals surface area contributed by atoms with Gasteiger partial charge in [-0.25, -0.2) is 0 Å². The van der Waals surface area contributed by atoms with E-state index in [-0.39, 0.29) is 12.1 Å². The zero-order valence-corrected chi connectivity index (χ0v) is 10.3. The van der Waals surface area contributed by atoms with Crippen molar-refractivity contribution in [3.63, 3.8) is 0 Å². The number of hydrogen-bond donors (Lipinski definition) is 0. The van der Waals surface area contributed by atoms with Crippen molar-refractivity contribution in [1.82, 2.24) is 4.90 Å². The quantitative estimate of drug-likeness (QED) is 0.574. The molecule has 1 atom stereocenters. The van der Waals surface area contributed by atoms with E-state index < -0.39 is 0 Å². The molecule has 4 heteroatoms. The topological polar surface area (TPSA) is 38.8 Å². The lowest BCUT2D eigenvalue weighted by molar-refractivity contribution is -0.144. The third-order valence-corrected chi connectivity index (χ3v) is 2.12. The number of rotatable bonds is 8. The first kappa shape index (κ1) is 14.4. The number of methoxy groups -OCH3 is 1. The third kappa shape index (κ3) is 7.33. The normalized spacial score (nSPS) is 12.9. The van der Waals surface area contributed by atoms with Crippen LogP contribution in [-0.2, 0) is 14.3 Å². The lowest BCUT2D eigenvalue weighted by Gasteiger charge is -2.23. The Morgan fingerprint density at radius 2 is 2.07 bits per heavy atom. The molecule has 15 heavy (non-hydrogen) atoms. The standard InChI is InChI=1S/C11H23NO3/c1-5-7-12(8-10(3)14-4)9-11(13)15-6-2/h10H,5-9H2,1-4H3. The molecule has 0 aliphatic carbocycles. The fraction of sp³-hybridized carbons (Fsp3) is 0.909. The first-order valence-corrected chi connectivity index (χ1v) is 5.54. The highest BCUT2D eigenvalue weighted by Gasteiger charge is 2.13. The summed E-state index contributed by atoms with van der Waals surface area (Å²) >= 11 is 0. The smallest absolute Gasteiger partial charge is 0.320 e. The number of nitrogens with zero attached hydrogens (tertiary/aromatic N) is 1. The summed E-state index contributed by atoms with van der Waals surface area (Å²) in [7, 11) is 1.68. The first-order valence-electron chi connectivity index (χ1n) is 5.54. The van der Waals surface area contributed by atoms with Gasteiger partial charge < -0.3 is 9.47 Å². The summed E-state index contributed by atoms with van der Waals surface area (Å²) < 4.78 is 10.1. The summed E-state index contributed by atoms with van der Waals surface area (Å²) in [6.07, 6.45) is 1.17. The van der Waals surface area contributed by atoms with Gasteiger partial charge in [0, 0.05) is 13.7 Å². The number of esters is 1. The molecule has 0 aliphatic rings.